The minimum atomic E-state index is -0.312. The summed E-state index contributed by atoms with van der Waals surface area (Å²) in [6.07, 6.45) is 4.01. The van der Waals surface area contributed by atoms with Gasteiger partial charge in [0, 0.05) is 11.8 Å². The minimum Gasteiger partial charge on any atom is -0.463 e. The molecule has 0 aliphatic carbocycles. The number of ether oxygens (including phenoxy) is 1. The Bertz CT molecular complexity index is 397. The monoisotopic (exact) mass is 233 g/mol. The van der Waals surface area contributed by atoms with Crippen LogP contribution in [0, 0.1) is 5.92 Å². The molecule has 0 heterocycles. The molecule has 1 aromatic rings. The molecular formula is C14H19NO2. The zero-order valence-corrected chi connectivity index (χ0v) is 10.3. The van der Waals surface area contributed by atoms with Gasteiger partial charge in [-0.3, -0.25) is 0 Å². The Morgan fingerprint density at radius 3 is 2.88 bits per heavy atom. The quantitative estimate of drug-likeness (QED) is 0.483. The first kappa shape index (κ1) is 13.3. The van der Waals surface area contributed by atoms with Crippen LogP contribution in [-0.2, 0) is 9.53 Å². The topological polar surface area (TPSA) is 52.3 Å². The maximum Gasteiger partial charge on any atom is 0.330 e. The van der Waals surface area contributed by atoms with Crippen LogP contribution in [0.1, 0.15) is 25.8 Å². The smallest absolute Gasteiger partial charge is 0.330 e. The molecule has 17 heavy (non-hydrogen) atoms. The van der Waals surface area contributed by atoms with Crippen LogP contribution in [0.4, 0.5) is 5.69 Å². The Kier molecular flexibility index (Phi) is 5.27. The van der Waals surface area contributed by atoms with Crippen LogP contribution in [0.15, 0.2) is 30.3 Å². The van der Waals surface area contributed by atoms with Gasteiger partial charge in [0.05, 0.1) is 6.61 Å². The molecule has 0 atom stereocenters. The Morgan fingerprint density at radius 1 is 1.47 bits per heavy atom. The van der Waals surface area contributed by atoms with E-state index in [9.17, 15) is 4.79 Å². The maximum atomic E-state index is 11.3. The van der Waals surface area contributed by atoms with Gasteiger partial charge in [-0.15, -0.1) is 0 Å². The lowest BCUT2D eigenvalue weighted by atomic mass is 10.1. The fourth-order valence-corrected chi connectivity index (χ4v) is 1.27. The van der Waals surface area contributed by atoms with E-state index in [0.717, 1.165) is 12.0 Å². The molecule has 0 aromatic heterocycles. The van der Waals surface area contributed by atoms with Crippen LogP contribution in [-0.4, -0.2) is 12.6 Å². The largest absolute Gasteiger partial charge is 0.463 e. The van der Waals surface area contributed by atoms with E-state index in [0.29, 0.717) is 18.2 Å². The van der Waals surface area contributed by atoms with Crippen molar-refractivity contribution in [2.45, 2.75) is 20.3 Å². The van der Waals surface area contributed by atoms with Gasteiger partial charge in [0.2, 0.25) is 0 Å². The zero-order chi connectivity index (χ0) is 12.7. The summed E-state index contributed by atoms with van der Waals surface area (Å²) in [5.74, 6) is 0.230. The van der Waals surface area contributed by atoms with E-state index in [1.165, 1.54) is 6.08 Å². The molecule has 0 aliphatic heterocycles. The summed E-state index contributed by atoms with van der Waals surface area (Å²) in [5, 5.41) is 0. The molecule has 0 unspecified atom stereocenters. The number of carbonyl (C=O) groups is 1. The first-order chi connectivity index (χ1) is 8.08. The fraction of sp³-hybridized carbons (Fsp3) is 0.357. The van der Waals surface area contributed by atoms with E-state index in [2.05, 4.69) is 13.8 Å². The van der Waals surface area contributed by atoms with Crippen LogP contribution < -0.4 is 5.73 Å². The molecule has 3 heteroatoms. The van der Waals surface area contributed by atoms with Crippen LogP contribution in [0.5, 0.6) is 0 Å². The van der Waals surface area contributed by atoms with Crippen LogP contribution in [0.25, 0.3) is 6.08 Å². The third-order valence-electron chi connectivity index (χ3n) is 2.26. The van der Waals surface area contributed by atoms with E-state index >= 15 is 0 Å². The molecule has 0 amide bonds. The van der Waals surface area contributed by atoms with E-state index in [-0.39, 0.29) is 5.97 Å². The van der Waals surface area contributed by atoms with Gasteiger partial charge in [-0.1, -0.05) is 26.0 Å². The van der Waals surface area contributed by atoms with Crippen molar-refractivity contribution < 1.29 is 9.53 Å². The van der Waals surface area contributed by atoms with E-state index < -0.39 is 0 Å². The zero-order valence-electron chi connectivity index (χ0n) is 10.3. The molecule has 0 saturated heterocycles. The molecule has 3 nitrogen and oxygen atoms in total. The highest BCUT2D eigenvalue weighted by molar-refractivity contribution is 5.87. The summed E-state index contributed by atoms with van der Waals surface area (Å²) >= 11 is 0. The number of hydrogen-bond acceptors (Lipinski definition) is 3. The molecule has 0 radical (unpaired) electrons. The Hall–Kier alpha value is -1.77. The summed E-state index contributed by atoms with van der Waals surface area (Å²) in [6, 6.07) is 7.34. The second-order valence-electron chi connectivity index (χ2n) is 4.35. The highest BCUT2D eigenvalue weighted by Gasteiger charge is 1.99. The lowest BCUT2D eigenvalue weighted by Gasteiger charge is -2.04. The second-order valence-corrected chi connectivity index (χ2v) is 4.35. The molecule has 1 rings (SSSR count). The van der Waals surface area contributed by atoms with Crippen molar-refractivity contribution in [3.63, 3.8) is 0 Å². The number of rotatable bonds is 5. The number of nitrogen functional groups attached to an aromatic ring is 1. The van der Waals surface area contributed by atoms with Gasteiger partial charge in [-0.2, -0.15) is 0 Å². The standard InChI is InChI=1S/C14H19NO2/c1-11(2)8-9-17-14(16)7-6-12-4-3-5-13(15)10-12/h3-7,10-11H,8-9,15H2,1-2H3/b7-6+. The normalized spacial score (nSPS) is 11.0. The van der Waals surface area contributed by atoms with E-state index in [4.69, 9.17) is 10.5 Å². The summed E-state index contributed by atoms with van der Waals surface area (Å²) < 4.78 is 5.05. The van der Waals surface area contributed by atoms with Crippen molar-refractivity contribution in [2.24, 2.45) is 5.92 Å². The first-order valence-electron chi connectivity index (χ1n) is 5.78. The summed E-state index contributed by atoms with van der Waals surface area (Å²) in [7, 11) is 0. The lowest BCUT2D eigenvalue weighted by Crippen LogP contribution is -2.04. The average Bonchev–Trinajstić information content (AvgIpc) is 2.26. The molecule has 2 N–H and O–H groups in total. The molecule has 1 aromatic carbocycles. The van der Waals surface area contributed by atoms with Gasteiger partial charge in [-0.05, 0) is 36.1 Å². The molecule has 0 aliphatic rings. The number of esters is 1. The van der Waals surface area contributed by atoms with Crippen molar-refractivity contribution in [3.8, 4) is 0 Å². The molecule has 0 spiro atoms. The van der Waals surface area contributed by atoms with Gasteiger partial charge in [0.25, 0.3) is 0 Å². The van der Waals surface area contributed by atoms with Crippen molar-refractivity contribution >= 4 is 17.7 Å². The van der Waals surface area contributed by atoms with Crippen molar-refractivity contribution in [3.05, 3.63) is 35.9 Å². The van der Waals surface area contributed by atoms with Gasteiger partial charge in [0.15, 0.2) is 0 Å². The number of nitrogens with two attached hydrogens (primary N) is 1. The Morgan fingerprint density at radius 2 is 2.24 bits per heavy atom. The minimum absolute atomic E-state index is 0.312. The molecule has 0 saturated carbocycles. The first-order valence-corrected chi connectivity index (χ1v) is 5.78. The summed E-state index contributed by atoms with van der Waals surface area (Å²) in [5.41, 5.74) is 7.20. The molecule has 0 bridgehead atoms. The molecule has 92 valence electrons. The average molecular weight is 233 g/mol. The van der Waals surface area contributed by atoms with Crippen LogP contribution in [0.2, 0.25) is 0 Å². The van der Waals surface area contributed by atoms with Gasteiger partial charge < -0.3 is 10.5 Å². The van der Waals surface area contributed by atoms with E-state index in [1.54, 1.807) is 18.2 Å². The van der Waals surface area contributed by atoms with Gasteiger partial charge in [0.1, 0.15) is 0 Å². The van der Waals surface area contributed by atoms with Gasteiger partial charge in [-0.25, -0.2) is 4.79 Å². The number of carbonyl (C=O) groups excluding carboxylic acids is 1. The van der Waals surface area contributed by atoms with Crippen LogP contribution >= 0.6 is 0 Å². The number of hydrogen-bond donors (Lipinski definition) is 1. The number of benzene rings is 1. The highest BCUT2D eigenvalue weighted by atomic mass is 16.5. The predicted octanol–water partition coefficient (Wildman–Crippen LogP) is 2.87. The summed E-state index contributed by atoms with van der Waals surface area (Å²) in [4.78, 5) is 11.3. The second kappa shape index (κ2) is 6.74. The van der Waals surface area contributed by atoms with Gasteiger partial charge >= 0.3 is 5.97 Å². The maximum absolute atomic E-state index is 11.3. The third-order valence-corrected chi connectivity index (χ3v) is 2.26. The van der Waals surface area contributed by atoms with Crippen molar-refractivity contribution in [2.75, 3.05) is 12.3 Å². The fourth-order valence-electron chi connectivity index (χ4n) is 1.27. The summed E-state index contributed by atoms with van der Waals surface area (Å²) in [6.45, 7) is 4.66. The van der Waals surface area contributed by atoms with E-state index in [1.807, 2.05) is 12.1 Å². The van der Waals surface area contributed by atoms with Crippen molar-refractivity contribution in [1.82, 2.24) is 0 Å². The Balaban J connectivity index is 2.40. The predicted molar refractivity (Wildman–Crippen MR) is 70.3 cm³/mol. The van der Waals surface area contributed by atoms with Crippen molar-refractivity contribution in [1.29, 1.82) is 0 Å². The molecular weight excluding hydrogens is 214 g/mol. The molecule has 0 fully saturated rings. The number of anilines is 1. The van der Waals surface area contributed by atoms with Crippen LogP contribution in [0.3, 0.4) is 0 Å². The highest BCUT2D eigenvalue weighted by Crippen LogP contribution is 2.08. The SMILES string of the molecule is CC(C)CCOC(=O)/C=C/c1cccc(N)c1. The third kappa shape index (κ3) is 5.76. The Labute approximate surface area is 102 Å². The lowest BCUT2D eigenvalue weighted by molar-refractivity contribution is -0.137.